The van der Waals surface area contributed by atoms with Gasteiger partial charge in [0, 0.05) is 24.9 Å². The fourth-order valence-corrected chi connectivity index (χ4v) is 3.96. The predicted octanol–water partition coefficient (Wildman–Crippen LogP) is 2.73. The lowest BCUT2D eigenvalue weighted by molar-refractivity contribution is -0.154. The van der Waals surface area contributed by atoms with Crippen LogP contribution in [0.2, 0.25) is 0 Å². The average molecular weight is 302 g/mol. The summed E-state index contributed by atoms with van der Waals surface area (Å²) in [6, 6.07) is 1.95. The number of aliphatic hydroxyl groups is 1. The monoisotopic (exact) mass is 302 g/mol. The molecule has 0 radical (unpaired) electrons. The molecule has 0 aromatic carbocycles. The van der Waals surface area contributed by atoms with E-state index in [9.17, 15) is 9.90 Å². The number of carbonyl (C=O) groups is 1. The highest BCUT2D eigenvalue weighted by Crippen LogP contribution is 2.48. The van der Waals surface area contributed by atoms with Crippen LogP contribution in [0.25, 0.3) is 0 Å². The van der Waals surface area contributed by atoms with Gasteiger partial charge in [0.1, 0.15) is 0 Å². The van der Waals surface area contributed by atoms with E-state index in [1.54, 1.807) is 12.4 Å². The van der Waals surface area contributed by atoms with Crippen LogP contribution in [0.5, 0.6) is 0 Å². The van der Waals surface area contributed by atoms with Crippen LogP contribution >= 0.6 is 0 Å². The smallest absolute Gasteiger partial charge is 0.223 e. The summed E-state index contributed by atoms with van der Waals surface area (Å²) in [6.07, 6.45) is 10.8. The molecule has 0 saturated heterocycles. The largest absolute Gasteiger partial charge is 0.390 e. The van der Waals surface area contributed by atoms with E-state index in [2.05, 4.69) is 10.3 Å². The standard InChI is InChI=1S/C18H26N2O2/c1-13-7-8-19-11-15(13)12-20-17(21)14-9-18(22,10-14)16-5-3-2-4-6-16/h7-8,11,14,16,22H,2-6,9-10,12H2,1H3,(H,20,21). The number of amides is 1. The van der Waals surface area contributed by atoms with Crippen molar-refractivity contribution in [3.8, 4) is 0 Å². The maximum absolute atomic E-state index is 12.2. The lowest BCUT2D eigenvalue weighted by Gasteiger charge is -2.49. The van der Waals surface area contributed by atoms with Gasteiger partial charge in [0.2, 0.25) is 5.91 Å². The zero-order valence-electron chi connectivity index (χ0n) is 13.3. The highest BCUT2D eigenvalue weighted by atomic mass is 16.3. The highest BCUT2D eigenvalue weighted by molar-refractivity contribution is 5.80. The lowest BCUT2D eigenvalue weighted by Crippen LogP contribution is -2.54. The molecule has 0 atom stereocenters. The van der Waals surface area contributed by atoms with E-state index in [0.29, 0.717) is 25.3 Å². The molecule has 0 unspecified atom stereocenters. The van der Waals surface area contributed by atoms with Crippen molar-refractivity contribution >= 4 is 5.91 Å². The van der Waals surface area contributed by atoms with E-state index in [0.717, 1.165) is 24.0 Å². The lowest BCUT2D eigenvalue weighted by atomic mass is 9.61. The van der Waals surface area contributed by atoms with Gasteiger partial charge in [0.25, 0.3) is 0 Å². The van der Waals surface area contributed by atoms with E-state index < -0.39 is 5.60 Å². The second kappa shape index (κ2) is 6.37. The fraction of sp³-hybridized carbons (Fsp3) is 0.667. The Bertz CT molecular complexity index is 532. The van der Waals surface area contributed by atoms with Crippen LogP contribution in [0.15, 0.2) is 18.5 Å². The quantitative estimate of drug-likeness (QED) is 0.899. The van der Waals surface area contributed by atoms with E-state index in [4.69, 9.17) is 0 Å². The Hall–Kier alpha value is -1.42. The minimum Gasteiger partial charge on any atom is -0.390 e. The molecule has 1 amide bonds. The van der Waals surface area contributed by atoms with Crippen molar-refractivity contribution < 1.29 is 9.90 Å². The van der Waals surface area contributed by atoms with Gasteiger partial charge in [-0.1, -0.05) is 19.3 Å². The first kappa shape index (κ1) is 15.5. The molecule has 2 saturated carbocycles. The minimum absolute atomic E-state index is 0.0242. The van der Waals surface area contributed by atoms with Crippen LogP contribution < -0.4 is 5.32 Å². The second-order valence-electron chi connectivity index (χ2n) is 7.06. The average Bonchev–Trinajstić information content (AvgIpc) is 2.51. The van der Waals surface area contributed by atoms with Crippen LogP contribution in [-0.4, -0.2) is 21.6 Å². The summed E-state index contributed by atoms with van der Waals surface area (Å²) in [6.45, 7) is 2.55. The van der Waals surface area contributed by atoms with Crippen LogP contribution in [0.3, 0.4) is 0 Å². The number of carbonyl (C=O) groups excluding carboxylic acids is 1. The number of hydrogen-bond donors (Lipinski definition) is 2. The number of nitrogens with zero attached hydrogens (tertiary/aromatic N) is 1. The summed E-state index contributed by atoms with van der Waals surface area (Å²) in [5.74, 6) is 0.457. The van der Waals surface area contributed by atoms with Gasteiger partial charge in [-0.05, 0) is 55.7 Å². The molecule has 0 spiro atoms. The molecule has 4 nitrogen and oxygen atoms in total. The Morgan fingerprint density at radius 2 is 2.09 bits per heavy atom. The maximum atomic E-state index is 12.2. The molecule has 22 heavy (non-hydrogen) atoms. The predicted molar refractivity (Wildman–Crippen MR) is 85.1 cm³/mol. The third-order valence-electron chi connectivity index (χ3n) is 5.54. The second-order valence-corrected chi connectivity index (χ2v) is 7.06. The molecule has 1 aromatic rings. The topological polar surface area (TPSA) is 62.2 Å². The first-order chi connectivity index (χ1) is 10.6. The molecule has 3 rings (SSSR count). The molecular formula is C18H26N2O2. The van der Waals surface area contributed by atoms with Gasteiger partial charge in [0.05, 0.1) is 5.60 Å². The minimum atomic E-state index is -0.577. The molecule has 4 heteroatoms. The number of nitrogens with one attached hydrogen (secondary N) is 1. The summed E-state index contributed by atoms with van der Waals surface area (Å²) >= 11 is 0. The number of hydrogen-bond acceptors (Lipinski definition) is 3. The number of pyridine rings is 1. The third kappa shape index (κ3) is 3.17. The van der Waals surface area contributed by atoms with Gasteiger partial charge in [-0.3, -0.25) is 9.78 Å². The zero-order chi connectivity index (χ0) is 15.6. The summed E-state index contributed by atoms with van der Waals surface area (Å²) in [4.78, 5) is 16.3. The molecular weight excluding hydrogens is 276 g/mol. The molecule has 2 fully saturated rings. The third-order valence-corrected chi connectivity index (χ3v) is 5.54. The van der Waals surface area contributed by atoms with Crippen molar-refractivity contribution in [3.63, 3.8) is 0 Å². The van der Waals surface area contributed by atoms with Crippen LogP contribution in [0.4, 0.5) is 0 Å². The van der Waals surface area contributed by atoms with Crippen LogP contribution in [0, 0.1) is 18.8 Å². The Morgan fingerprint density at radius 3 is 2.77 bits per heavy atom. The summed E-state index contributed by atoms with van der Waals surface area (Å²) in [5.41, 5.74) is 1.62. The number of aromatic nitrogens is 1. The molecule has 0 aliphatic heterocycles. The summed E-state index contributed by atoms with van der Waals surface area (Å²) in [5, 5.41) is 13.7. The van der Waals surface area contributed by atoms with Crippen molar-refractivity contribution in [2.24, 2.45) is 11.8 Å². The molecule has 1 aromatic heterocycles. The molecule has 1 heterocycles. The Morgan fingerprint density at radius 1 is 1.36 bits per heavy atom. The fourth-order valence-electron chi connectivity index (χ4n) is 3.96. The Labute approximate surface area is 132 Å². The van der Waals surface area contributed by atoms with Gasteiger partial charge in [-0.2, -0.15) is 0 Å². The van der Waals surface area contributed by atoms with Crippen molar-refractivity contribution in [1.82, 2.24) is 10.3 Å². The van der Waals surface area contributed by atoms with Gasteiger partial charge in [-0.15, -0.1) is 0 Å². The Kier molecular flexibility index (Phi) is 4.48. The maximum Gasteiger partial charge on any atom is 0.223 e. The Balaban J connectivity index is 1.48. The highest BCUT2D eigenvalue weighted by Gasteiger charge is 2.50. The molecule has 2 aliphatic carbocycles. The SMILES string of the molecule is Cc1ccncc1CNC(=O)C1CC(O)(C2CCCCC2)C1. The molecule has 2 aliphatic rings. The van der Waals surface area contributed by atoms with Crippen LogP contribution in [0.1, 0.15) is 56.1 Å². The first-order valence-electron chi connectivity index (χ1n) is 8.48. The van der Waals surface area contributed by atoms with Gasteiger partial charge < -0.3 is 10.4 Å². The zero-order valence-corrected chi connectivity index (χ0v) is 13.3. The summed E-state index contributed by atoms with van der Waals surface area (Å²) < 4.78 is 0. The van der Waals surface area contributed by atoms with Crippen molar-refractivity contribution in [2.45, 2.75) is 64.0 Å². The number of aryl methyl sites for hydroxylation is 1. The van der Waals surface area contributed by atoms with E-state index >= 15 is 0 Å². The molecule has 120 valence electrons. The van der Waals surface area contributed by atoms with Crippen molar-refractivity contribution in [3.05, 3.63) is 29.6 Å². The van der Waals surface area contributed by atoms with E-state index in [1.165, 1.54) is 19.3 Å². The van der Waals surface area contributed by atoms with Crippen molar-refractivity contribution in [2.75, 3.05) is 0 Å². The normalized spacial score (nSPS) is 28.9. The van der Waals surface area contributed by atoms with E-state index in [1.807, 2.05) is 13.0 Å². The first-order valence-corrected chi connectivity index (χ1v) is 8.48. The number of rotatable bonds is 4. The van der Waals surface area contributed by atoms with Crippen LogP contribution in [-0.2, 0) is 11.3 Å². The van der Waals surface area contributed by atoms with Gasteiger partial charge >= 0.3 is 0 Å². The van der Waals surface area contributed by atoms with E-state index in [-0.39, 0.29) is 11.8 Å². The molecule has 0 bridgehead atoms. The molecule has 2 N–H and O–H groups in total. The van der Waals surface area contributed by atoms with Gasteiger partial charge in [0.15, 0.2) is 0 Å². The van der Waals surface area contributed by atoms with Crippen molar-refractivity contribution in [1.29, 1.82) is 0 Å². The summed E-state index contributed by atoms with van der Waals surface area (Å²) in [7, 11) is 0. The van der Waals surface area contributed by atoms with Gasteiger partial charge in [-0.25, -0.2) is 0 Å².